The third-order valence-electron chi connectivity index (χ3n) is 4.61. The zero-order chi connectivity index (χ0) is 18.1. The predicted octanol–water partition coefficient (Wildman–Crippen LogP) is 0.871. The van der Waals surface area contributed by atoms with Gasteiger partial charge in [-0.3, -0.25) is 0 Å². The van der Waals surface area contributed by atoms with Gasteiger partial charge in [-0.1, -0.05) is 5.16 Å². The molecule has 3 heterocycles. The fraction of sp³-hybridized carbons (Fsp3) is 0.667. The van der Waals surface area contributed by atoms with E-state index in [2.05, 4.69) is 15.1 Å². The van der Waals surface area contributed by atoms with Gasteiger partial charge in [0.25, 0.3) is 10.0 Å². The summed E-state index contributed by atoms with van der Waals surface area (Å²) in [5.74, 6) is 1.01. The van der Waals surface area contributed by atoms with Crippen LogP contribution in [0.15, 0.2) is 22.1 Å². The molecule has 2 aromatic rings. The molecule has 0 saturated carbocycles. The minimum atomic E-state index is -3.66. The van der Waals surface area contributed by atoms with Gasteiger partial charge >= 0.3 is 0 Å². The minimum Gasteiger partial charge on any atom is -0.385 e. The first kappa shape index (κ1) is 18.0. The number of aromatic nitrogens is 4. The lowest BCUT2D eigenvalue weighted by atomic mass is 9.77. The van der Waals surface area contributed by atoms with E-state index in [1.165, 1.54) is 16.8 Å². The number of hydrogen-bond acceptors (Lipinski definition) is 7. The second-order valence-electron chi connectivity index (χ2n) is 6.48. The number of methoxy groups -OCH3 is 1. The Balaban J connectivity index is 1.93. The van der Waals surface area contributed by atoms with Crippen LogP contribution in [-0.4, -0.2) is 59.2 Å². The van der Waals surface area contributed by atoms with Crippen molar-refractivity contribution in [3.8, 4) is 0 Å². The zero-order valence-electron chi connectivity index (χ0n) is 14.7. The molecule has 0 bridgehead atoms. The lowest BCUT2D eigenvalue weighted by Gasteiger charge is -2.39. The summed E-state index contributed by atoms with van der Waals surface area (Å²) in [7, 11) is -0.295. The first-order valence-corrected chi connectivity index (χ1v) is 9.59. The van der Waals surface area contributed by atoms with E-state index >= 15 is 0 Å². The predicted molar refractivity (Wildman–Crippen MR) is 88.4 cm³/mol. The Labute approximate surface area is 147 Å². The second-order valence-corrected chi connectivity index (χ2v) is 8.36. The van der Waals surface area contributed by atoms with Crippen LogP contribution in [0.1, 0.15) is 31.0 Å². The van der Waals surface area contributed by atoms with Crippen molar-refractivity contribution in [2.24, 2.45) is 7.05 Å². The Morgan fingerprint density at radius 2 is 2.24 bits per heavy atom. The van der Waals surface area contributed by atoms with Gasteiger partial charge in [-0.05, 0) is 19.3 Å². The van der Waals surface area contributed by atoms with E-state index in [-0.39, 0.29) is 11.6 Å². The number of aryl methyl sites for hydroxylation is 2. The van der Waals surface area contributed by atoms with Crippen LogP contribution in [0.4, 0.5) is 0 Å². The number of rotatable bonds is 6. The highest BCUT2D eigenvalue weighted by Gasteiger charge is 2.44. The van der Waals surface area contributed by atoms with E-state index < -0.39 is 15.4 Å². The Kier molecular flexibility index (Phi) is 4.94. The van der Waals surface area contributed by atoms with E-state index in [4.69, 9.17) is 9.26 Å². The van der Waals surface area contributed by atoms with E-state index in [9.17, 15) is 8.42 Å². The molecule has 10 heteroatoms. The van der Waals surface area contributed by atoms with Gasteiger partial charge in [0, 0.05) is 52.4 Å². The number of ether oxygens (including phenoxy) is 1. The van der Waals surface area contributed by atoms with Crippen LogP contribution >= 0.6 is 0 Å². The van der Waals surface area contributed by atoms with Crippen molar-refractivity contribution in [3.05, 3.63) is 24.2 Å². The van der Waals surface area contributed by atoms with Crippen LogP contribution in [0.2, 0.25) is 0 Å². The maximum atomic E-state index is 13.0. The van der Waals surface area contributed by atoms with Gasteiger partial charge in [0.15, 0.2) is 10.9 Å². The maximum Gasteiger partial charge on any atom is 0.262 e. The molecule has 0 radical (unpaired) electrons. The smallest absolute Gasteiger partial charge is 0.262 e. The molecule has 25 heavy (non-hydrogen) atoms. The third-order valence-corrected chi connectivity index (χ3v) is 6.34. The van der Waals surface area contributed by atoms with Crippen LogP contribution in [0.5, 0.6) is 0 Å². The molecular weight excluding hydrogens is 346 g/mol. The quantitative estimate of drug-likeness (QED) is 0.744. The van der Waals surface area contributed by atoms with Crippen molar-refractivity contribution >= 4 is 10.0 Å². The van der Waals surface area contributed by atoms with E-state index in [0.29, 0.717) is 37.7 Å². The molecule has 9 nitrogen and oxygen atoms in total. The average Bonchev–Trinajstić information content (AvgIpc) is 3.22. The van der Waals surface area contributed by atoms with Crippen LogP contribution < -0.4 is 0 Å². The number of nitrogens with zero attached hydrogens (tertiary/aromatic N) is 5. The first-order chi connectivity index (χ1) is 11.9. The number of imidazole rings is 1. The number of sulfonamides is 1. The second kappa shape index (κ2) is 6.85. The Morgan fingerprint density at radius 1 is 1.44 bits per heavy atom. The summed E-state index contributed by atoms with van der Waals surface area (Å²) >= 11 is 0. The van der Waals surface area contributed by atoms with Crippen LogP contribution in [-0.2, 0) is 27.2 Å². The topological polar surface area (TPSA) is 103 Å². The summed E-state index contributed by atoms with van der Waals surface area (Å²) in [6, 6.07) is 0. The normalized spacial score (nSPS) is 22.4. The molecule has 0 amide bonds. The lowest BCUT2D eigenvalue weighted by Crippen LogP contribution is -2.49. The van der Waals surface area contributed by atoms with Gasteiger partial charge in [-0.25, -0.2) is 13.4 Å². The van der Waals surface area contributed by atoms with E-state index in [1.54, 1.807) is 25.6 Å². The summed E-state index contributed by atoms with van der Waals surface area (Å²) in [6.07, 6.45) is 5.11. The molecule has 138 valence electrons. The summed E-state index contributed by atoms with van der Waals surface area (Å²) in [5, 5.41) is 4.13. The highest BCUT2D eigenvalue weighted by atomic mass is 32.2. The van der Waals surface area contributed by atoms with E-state index in [1.807, 2.05) is 0 Å². The SMILES string of the molecule is COCCC1(c2noc(C)n2)CCCN(S(=O)(=O)c2cn(C)cn2)C1. The third kappa shape index (κ3) is 3.46. The number of hydrogen-bond donors (Lipinski definition) is 0. The highest BCUT2D eigenvalue weighted by molar-refractivity contribution is 7.89. The van der Waals surface area contributed by atoms with Crippen LogP contribution in [0, 0.1) is 6.92 Å². The molecule has 1 aliphatic rings. The Morgan fingerprint density at radius 3 is 2.84 bits per heavy atom. The summed E-state index contributed by atoms with van der Waals surface area (Å²) in [4.78, 5) is 8.39. The van der Waals surface area contributed by atoms with Crippen molar-refractivity contribution < 1.29 is 17.7 Å². The van der Waals surface area contributed by atoms with Crippen molar-refractivity contribution in [2.75, 3.05) is 26.8 Å². The van der Waals surface area contributed by atoms with Gasteiger partial charge in [0.05, 0.1) is 6.33 Å². The fourth-order valence-corrected chi connectivity index (χ4v) is 4.79. The fourth-order valence-electron chi connectivity index (χ4n) is 3.26. The zero-order valence-corrected chi connectivity index (χ0v) is 15.5. The molecule has 1 saturated heterocycles. The molecule has 1 fully saturated rings. The van der Waals surface area contributed by atoms with Crippen LogP contribution in [0.3, 0.4) is 0 Å². The van der Waals surface area contributed by atoms with Gasteiger partial charge in [-0.2, -0.15) is 9.29 Å². The number of piperidine rings is 1. The molecule has 2 aromatic heterocycles. The standard InChI is InChI=1S/C15H23N5O4S/c1-12-17-14(18-24-12)15(6-8-23-3)5-4-7-20(10-15)25(21,22)13-9-19(2)11-16-13/h9,11H,4-8,10H2,1-3H3. The maximum absolute atomic E-state index is 13.0. The molecule has 0 N–H and O–H groups in total. The highest BCUT2D eigenvalue weighted by Crippen LogP contribution is 2.37. The van der Waals surface area contributed by atoms with Gasteiger partial charge < -0.3 is 13.8 Å². The van der Waals surface area contributed by atoms with Gasteiger partial charge in [0.1, 0.15) is 0 Å². The molecule has 1 atom stereocenters. The van der Waals surface area contributed by atoms with Crippen LogP contribution in [0.25, 0.3) is 0 Å². The molecule has 1 aliphatic heterocycles. The Hall–Kier alpha value is -1.78. The van der Waals surface area contributed by atoms with Crippen molar-refractivity contribution in [2.45, 2.75) is 36.6 Å². The average molecular weight is 369 g/mol. The largest absolute Gasteiger partial charge is 0.385 e. The molecule has 0 aliphatic carbocycles. The monoisotopic (exact) mass is 369 g/mol. The first-order valence-electron chi connectivity index (χ1n) is 8.15. The summed E-state index contributed by atoms with van der Waals surface area (Å²) in [5.41, 5.74) is -0.520. The van der Waals surface area contributed by atoms with Crippen molar-refractivity contribution in [1.82, 2.24) is 24.0 Å². The molecule has 0 aromatic carbocycles. The molecule has 0 spiro atoms. The summed E-state index contributed by atoms with van der Waals surface area (Å²) < 4.78 is 39.4. The lowest BCUT2D eigenvalue weighted by molar-refractivity contribution is 0.128. The van der Waals surface area contributed by atoms with Gasteiger partial charge in [0.2, 0.25) is 5.89 Å². The van der Waals surface area contributed by atoms with Crippen molar-refractivity contribution in [3.63, 3.8) is 0 Å². The van der Waals surface area contributed by atoms with Crippen molar-refractivity contribution in [1.29, 1.82) is 0 Å². The summed E-state index contributed by atoms with van der Waals surface area (Å²) in [6.45, 7) is 2.95. The molecule has 3 rings (SSSR count). The Bertz CT molecular complexity index is 831. The molecule has 1 unspecified atom stereocenters. The van der Waals surface area contributed by atoms with Gasteiger partial charge in [-0.15, -0.1) is 0 Å². The molecular formula is C15H23N5O4S. The van der Waals surface area contributed by atoms with E-state index in [0.717, 1.165) is 6.42 Å². The minimum absolute atomic E-state index is 0.0573.